The van der Waals surface area contributed by atoms with Crippen molar-refractivity contribution in [1.29, 1.82) is 0 Å². The van der Waals surface area contributed by atoms with Gasteiger partial charge < -0.3 is 15.8 Å². The third-order valence-electron chi connectivity index (χ3n) is 3.88. The number of aryl methyl sites for hydroxylation is 1. The van der Waals surface area contributed by atoms with Crippen molar-refractivity contribution in [3.8, 4) is 0 Å². The number of hydrogen-bond donors (Lipinski definition) is 2. The molecule has 0 unspecified atom stereocenters. The van der Waals surface area contributed by atoms with Gasteiger partial charge in [0.25, 0.3) is 5.91 Å². The second kappa shape index (κ2) is 8.26. The van der Waals surface area contributed by atoms with Crippen molar-refractivity contribution in [1.82, 2.24) is 4.31 Å². The summed E-state index contributed by atoms with van der Waals surface area (Å²) >= 11 is 0. The van der Waals surface area contributed by atoms with Crippen LogP contribution in [0, 0.1) is 6.92 Å². The lowest BCUT2D eigenvalue weighted by Crippen LogP contribution is -2.30. The van der Waals surface area contributed by atoms with E-state index in [0.717, 1.165) is 10.7 Å². The second-order valence-corrected chi connectivity index (χ2v) is 7.94. The first-order valence-corrected chi connectivity index (χ1v) is 8.89. The Balaban J connectivity index is 0.00000288. The molecule has 0 aromatic heterocycles. The number of nitrogens with one attached hydrogen (secondary N) is 1. The maximum absolute atomic E-state index is 12.3. The molecule has 0 bridgehead atoms. The number of hydrogen-bond acceptors (Lipinski definition) is 5. The molecule has 1 heterocycles. The average Bonchev–Trinajstić information content (AvgIpc) is 2.98. The fourth-order valence-corrected chi connectivity index (χ4v) is 3.59. The minimum absolute atomic E-state index is 0. The molecular weight excluding hydrogens is 354 g/mol. The number of carbonyl (C=O) groups is 1. The molecule has 2 atom stereocenters. The van der Waals surface area contributed by atoms with Crippen LogP contribution in [0.5, 0.6) is 0 Å². The lowest BCUT2D eigenvalue weighted by molar-refractivity contribution is -0.126. The van der Waals surface area contributed by atoms with Gasteiger partial charge in [-0.3, -0.25) is 4.79 Å². The van der Waals surface area contributed by atoms with E-state index in [4.69, 9.17) is 10.5 Å². The number of benzene rings is 1. The molecule has 0 radical (unpaired) electrons. The van der Waals surface area contributed by atoms with Gasteiger partial charge in [-0.25, -0.2) is 12.7 Å². The number of carbonyl (C=O) groups excluding carboxylic acids is 1. The smallest absolute Gasteiger partial charge is 0.253 e. The quantitative estimate of drug-likeness (QED) is 0.800. The van der Waals surface area contributed by atoms with E-state index in [1.165, 1.54) is 20.2 Å². The molecule has 7 nitrogen and oxygen atoms in total. The van der Waals surface area contributed by atoms with E-state index in [2.05, 4.69) is 5.32 Å². The zero-order chi connectivity index (χ0) is 17.2. The lowest BCUT2D eigenvalue weighted by atomic mass is 10.2. The SMILES string of the molecule is Cc1ccc(NC(=O)[C@@H]2CC[C@H](CN)O2)cc1S(=O)(=O)N(C)C.Cl. The Hall–Kier alpha value is -1.19. The Kier molecular flexibility index (Phi) is 7.18. The summed E-state index contributed by atoms with van der Waals surface area (Å²) in [4.78, 5) is 12.4. The van der Waals surface area contributed by atoms with E-state index in [0.29, 0.717) is 24.2 Å². The monoisotopic (exact) mass is 377 g/mol. The Morgan fingerprint density at radius 1 is 1.38 bits per heavy atom. The van der Waals surface area contributed by atoms with Crippen molar-refractivity contribution in [2.24, 2.45) is 5.73 Å². The fraction of sp³-hybridized carbons (Fsp3) is 0.533. The minimum Gasteiger partial charge on any atom is -0.364 e. The standard InChI is InChI=1S/C15H23N3O4S.ClH/c1-10-4-5-11(8-14(10)23(20,21)18(2)3)17-15(19)13-7-6-12(9-16)22-13;/h4-5,8,12-13H,6-7,9,16H2,1-3H3,(H,17,19);1H/t12-,13+;/m1./s1. The lowest BCUT2D eigenvalue weighted by Gasteiger charge is -2.16. The number of anilines is 1. The second-order valence-electron chi connectivity index (χ2n) is 5.82. The molecule has 9 heteroatoms. The van der Waals surface area contributed by atoms with Crippen molar-refractivity contribution in [2.45, 2.75) is 36.9 Å². The van der Waals surface area contributed by atoms with Crippen LogP contribution in [0.15, 0.2) is 23.1 Å². The number of ether oxygens (including phenoxy) is 1. The summed E-state index contributed by atoms with van der Waals surface area (Å²) in [5.41, 5.74) is 6.59. The Morgan fingerprint density at radius 3 is 2.58 bits per heavy atom. The maximum Gasteiger partial charge on any atom is 0.253 e. The number of nitrogens with zero attached hydrogens (tertiary/aromatic N) is 1. The van der Waals surface area contributed by atoms with Crippen LogP contribution in [-0.4, -0.2) is 51.5 Å². The number of nitrogens with two attached hydrogens (primary N) is 1. The van der Waals surface area contributed by atoms with Gasteiger partial charge in [0.15, 0.2) is 0 Å². The highest BCUT2D eigenvalue weighted by Gasteiger charge is 2.30. The minimum atomic E-state index is -3.56. The molecule has 24 heavy (non-hydrogen) atoms. The highest BCUT2D eigenvalue weighted by Crippen LogP contribution is 2.24. The predicted molar refractivity (Wildman–Crippen MR) is 94.9 cm³/mol. The first-order chi connectivity index (χ1) is 10.8. The molecule has 1 aliphatic rings. The van der Waals surface area contributed by atoms with Crippen LogP contribution in [0.1, 0.15) is 18.4 Å². The van der Waals surface area contributed by atoms with Crippen LogP contribution in [0.2, 0.25) is 0 Å². The molecule has 1 aromatic carbocycles. The van der Waals surface area contributed by atoms with Crippen LogP contribution in [0.25, 0.3) is 0 Å². The fourth-order valence-electron chi connectivity index (χ4n) is 2.45. The van der Waals surface area contributed by atoms with Crippen LogP contribution in [0.3, 0.4) is 0 Å². The summed E-state index contributed by atoms with van der Waals surface area (Å²) in [5.74, 6) is -0.280. The van der Waals surface area contributed by atoms with E-state index in [-0.39, 0.29) is 29.3 Å². The zero-order valence-electron chi connectivity index (χ0n) is 14.0. The van der Waals surface area contributed by atoms with Gasteiger partial charge in [-0.2, -0.15) is 0 Å². The van der Waals surface area contributed by atoms with Gasteiger partial charge in [0, 0.05) is 26.3 Å². The number of rotatable bonds is 5. The highest BCUT2D eigenvalue weighted by molar-refractivity contribution is 7.89. The normalized spacial score (nSPS) is 20.7. The Morgan fingerprint density at radius 2 is 2.04 bits per heavy atom. The molecule has 2 rings (SSSR count). The predicted octanol–water partition coefficient (Wildman–Crippen LogP) is 1.11. The summed E-state index contributed by atoms with van der Waals surface area (Å²) in [5, 5.41) is 2.72. The Bertz CT molecular complexity index is 694. The van der Waals surface area contributed by atoms with Crippen molar-refractivity contribution < 1.29 is 17.9 Å². The van der Waals surface area contributed by atoms with Crippen LogP contribution in [-0.2, 0) is 19.6 Å². The van der Waals surface area contributed by atoms with Crippen LogP contribution in [0.4, 0.5) is 5.69 Å². The third kappa shape index (κ3) is 4.46. The molecule has 1 saturated heterocycles. The van der Waals surface area contributed by atoms with Gasteiger partial charge in [-0.05, 0) is 37.5 Å². The first kappa shape index (κ1) is 20.9. The molecular formula is C15H24ClN3O4S. The van der Waals surface area contributed by atoms with Gasteiger partial charge in [0.2, 0.25) is 10.0 Å². The molecule has 1 aromatic rings. The first-order valence-electron chi connectivity index (χ1n) is 7.45. The summed E-state index contributed by atoms with van der Waals surface area (Å²) < 4.78 is 31.3. The molecule has 1 fully saturated rings. The molecule has 136 valence electrons. The van der Waals surface area contributed by atoms with Crippen molar-refractivity contribution in [3.63, 3.8) is 0 Å². The zero-order valence-corrected chi connectivity index (χ0v) is 15.6. The molecule has 3 N–H and O–H groups in total. The van der Waals surface area contributed by atoms with E-state index >= 15 is 0 Å². The van der Waals surface area contributed by atoms with Crippen molar-refractivity contribution in [3.05, 3.63) is 23.8 Å². The van der Waals surface area contributed by atoms with E-state index in [1.807, 2.05) is 0 Å². The molecule has 0 spiro atoms. The molecule has 0 saturated carbocycles. The van der Waals surface area contributed by atoms with Crippen molar-refractivity contribution in [2.75, 3.05) is 26.0 Å². The highest BCUT2D eigenvalue weighted by atomic mass is 35.5. The molecule has 1 amide bonds. The number of halogens is 1. The summed E-state index contributed by atoms with van der Waals surface area (Å²) in [6.45, 7) is 2.10. The van der Waals surface area contributed by atoms with E-state index in [9.17, 15) is 13.2 Å². The number of sulfonamides is 1. The van der Waals surface area contributed by atoms with Gasteiger partial charge in [-0.1, -0.05) is 6.07 Å². The van der Waals surface area contributed by atoms with E-state index < -0.39 is 16.1 Å². The third-order valence-corrected chi connectivity index (χ3v) is 5.83. The topological polar surface area (TPSA) is 102 Å². The van der Waals surface area contributed by atoms with Gasteiger partial charge in [0.1, 0.15) is 6.10 Å². The molecule has 0 aliphatic carbocycles. The van der Waals surface area contributed by atoms with Crippen LogP contribution >= 0.6 is 12.4 Å². The summed E-state index contributed by atoms with van der Waals surface area (Å²) in [6.07, 6.45) is 0.734. The Labute approximate surface area is 149 Å². The average molecular weight is 378 g/mol. The maximum atomic E-state index is 12.3. The van der Waals surface area contributed by atoms with Gasteiger partial charge in [-0.15, -0.1) is 12.4 Å². The summed E-state index contributed by atoms with van der Waals surface area (Å²) in [6, 6.07) is 4.82. The van der Waals surface area contributed by atoms with Crippen molar-refractivity contribution >= 4 is 34.0 Å². The van der Waals surface area contributed by atoms with Crippen LogP contribution < -0.4 is 11.1 Å². The van der Waals surface area contributed by atoms with Gasteiger partial charge >= 0.3 is 0 Å². The van der Waals surface area contributed by atoms with Gasteiger partial charge in [0.05, 0.1) is 11.0 Å². The largest absolute Gasteiger partial charge is 0.364 e. The number of amides is 1. The van der Waals surface area contributed by atoms with E-state index in [1.54, 1.807) is 19.1 Å². The summed E-state index contributed by atoms with van der Waals surface area (Å²) in [7, 11) is -0.620. The molecule has 1 aliphatic heterocycles.